The Bertz CT molecular complexity index is 840. The van der Waals surface area contributed by atoms with Crippen molar-refractivity contribution in [3.8, 4) is 0 Å². The Morgan fingerprint density at radius 2 is 1.84 bits per heavy atom. The van der Waals surface area contributed by atoms with Crippen molar-refractivity contribution >= 4 is 17.7 Å². The molecular weight excluding hydrogens is 439 g/mol. The van der Waals surface area contributed by atoms with E-state index < -0.39 is 35.0 Å². The maximum atomic E-state index is 12.9. The Kier molecular flexibility index (Phi) is 7.60. The normalized spacial score (nSPS) is 45.0. The molecule has 7 nitrogen and oxygen atoms in total. The summed E-state index contributed by atoms with van der Waals surface area (Å²) in [5, 5.41) is 34.0. The third kappa shape index (κ3) is 3.82. The van der Waals surface area contributed by atoms with Gasteiger partial charge in [-0.05, 0) is 85.2 Å². The quantitative estimate of drug-likeness (QED) is 0.364. The molecule has 8 heteroatoms. The molecule has 0 aromatic carbocycles. The smallest absolute Gasteiger partial charge is 0.550 e. The maximum absolute atomic E-state index is 12.9. The SMILES string of the molecule is COC(=O)[C@H]1[C@@H]2[C@H](CC[C@@]3(C)[C@H]2CC[C@@]3(O)CCC(=O)[O-])[C@@]2(C)CCC(=O)C=C2[C@@H]1O.[K+]. The summed E-state index contributed by atoms with van der Waals surface area (Å²) in [5.41, 5.74) is -1.43. The fraction of sp³-hybridized carbons (Fsp3) is 0.792. The average Bonchev–Trinajstić information content (AvgIpc) is 2.99. The zero-order chi connectivity index (χ0) is 22.8. The summed E-state index contributed by atoms with van der Waals surface area (Å²) in [7, 11) is 1.31. The van der Waals surface area contributed by atoms with E-state index in [1.54, 1.807) is 6.08 Å². The first-order valence-electron chi connectivity index (χ1n) is 11.4. The van der Waals surface area contributed by atoms with Gasteiger partial charge in [-0.15, -0.1) is 0 Å². The molecule has 0 amide bonds. The molecule has 0 spiro atoms. The minimum absolute atomic E-state index is 0. The van der Waals surface area contributed by atoms with Gasteiger partial charge < -0.3 is 24.9 Å². The molecule has 8 atom stereocenters. The summed E-state index contributed by atoms with van der Waals surface area (Å²) in [5.74, 6) is -2.65. The molecule has 0 unspecified atom stereocenters. The van der Waals surface area contributed by atoms with Gasteiger partial charge in [0.15, 0.2) is 5.78 Å². The number of carboxylic acids is 1. The number of methoxy groups -OCH3 is 1. The van der Waals surface area contributed by atoms with Crippen LogP contribution in [0.4, 0.5) is 0 Å². The van der Waals surface area contributed by atoms with Gasteiger partial charge in [-0.3, -0.25) is 9.59 Å². The number of carbonyl (C=O) groups excluding carboxylic acids is 3. The first-order valence-corrected chi connectivity index (χ1v) is 11.4. The Labute approximate surface area is 231 Å². The largest absolute Gasteiger partial charge is 1.00 e. The van der Waals surface area contributed by atoms with E-state index in [0.29, 0.717) is 37.7 Å². The molecule has 4 aliphatic carbocycles. The standard InChI is InChI=1S/C24H34O7.K/c1-22-8-4-13(25)12-16(22)20(28)19(21(29)31-3)18-14(22)5-9-23(2)15(18)6-10-24(23,30)11-7-17(26)27;/h12,14-15,18-20,28,30H,4-11H2,1-3H3,(H,26,27);/q;+1/p-1/t14-,15-,18+,19-,20-,22+,23-,24+;/m0./s1. The van der Waals surface area contributed by atoms with Gasteiger partial charge in [0.05, 0.1) is 24.7 Å². The molecule has 0 radical (unpaired) electrons. The first kappa shape index (κ1) is 26.5. The molecule has 0 saturated heterocycles. The predicted octanol–water partition coefficient (Wildman–Crippen LogP) is -1.85. The van der Waals surface area contributed by atoms with Gasteiger partial charge in [0.1, 0.15) is 0 Å². The van der Waals surface area contributed by atoms with Gasteiger partial charge in [-0.1, -0.05) is 13.8 Å². The zero-order valence-electron chi connectivity index (χ0n) is 19.6. The number of aliphatic hydroxyl groups is 2. The third-order valence-electron chi connectivity index (χ3n) is 9.63. The van der Waals surface area contributed by atoms with Crippen LogP contribution in [0.5, 0.6) is 0 Å². The summed E-state index contributed by atoms with van der Waals surface area (Å²) in [4.78, 5) is 36.2. The number of hydrogen-bond acceptors (Lipinski definition) is 7. The Balaban J connectivity index is 0.00000289. The molecule has 172 valence electrons. The van der Waals surface area contributed by atoms with Gasteiger partial charge in [-0.2, -0.15) is 0 Å². The van der Waals surface area contributed by atoms with Crippen LogP contribution in [0.25, 0.3) is 0 Å². The number of fused-ring (bicyclic) bond motifs is 5. The molecule has 0 heterocycles. The third-order valence-corrected chi connectivity index (χ3v) is 9.63. The summed E-state index contributed by atoms with van der Waals surface area (Å²) in [6.07, 6.45) is 4.02. The number of carboxylic acid groups (broad SMARTS) is 1. The van der Waals surface area contributed by atoms with E-state index in [-0.39, 0.29) is 93.2 Å². The van der Waals surface area contributed by atoms with Gasteiger partial charge in [0, 0.05) is 12.4 Å². The number of ether oxygens (including phenoxy) is 1. The minimum atomic E-state index is -1.18. The molecule has 0 bridgehead atoms. The zero-order valence-corrected chi connectivity index (χ0v) is 22.7. The molecule has 3 fully saturated rings. The van der Waals surface area contributed by atoms with Crippen LogP contribution in [0.3, 0.4) is 0 Å². The number of aliphatic hydroxyl groups excluding tert-OH is 1. The molecular formula is C24H33KO7. The fourth-order valence-electron chi connectivity index (χ4n) is 7.86. The van der Waals surface area contributed by atoms with Crippen LogP contribution in [0.15, 0.2) is 11.6 Å². The number of aliphatic carboxylic acids is 1. The summed E-state index contributed by atoms with van der Waals surface area (Å²) in [6.45, 7) is 4.11. The van der Waals surface area contributed by atoms with Gasteiger partial charge in [0.25, 0.3) is 0 Å². The van der Waals surface area contributed by atoms with Crippen molar-refractivity contribution in [1.82, 2.24) is 0 Å². The van der Waals surface area contributed by atoms with E-state index in [0.717, 1.165) is 6.42 Å². The van der Waals surface area contributed by atoms with Crippen molar-refractivity contribution in [3.05, 3.63) is 11.6 Å². The van der Waals surface area contributed by atoms with E-state index in [4.69, 9.17) is 4.74 Å². The van der Waals surface area contributed by atoms with E-state index in [1.165, 1.54) is 7.11 Å². The Hall–Kier alpha value is -0.0936. The number of esters is 1. The van der Waals surface area contributed by atoms with Crippen LogP contribution in [-0.2, 0) is 19.1 Å². The Morgan fingerprint density at radius 1 is 1.19 bits per heavy atom. The average molecular weight is 473 g/mol. The summed E-state index contributed by atoms with van der Waals surface area (Å²) >= 11 is 0. The number of carbonyl (C=O) groups is 3. The second kappa shape index (κ2) is 9.17. The van der Waals surface area contributed by atoms with Crippen molar-refractivity contribution in [2.75, 3.05) is 7.11 Å². The van der Waals surface area contributed by atoms with Crippen molar-refractivity contribution in [3.63, 3.8) is 0 Å². The molecule has 4 rings (SSSR count). The molecule has 2 N–H and O–H groups in total. The van der Waals surface area contributed by atoms with Crippen molar-refractivity contribution < 1.29 is 85.8 Å². The first-order chi connectivity index (χ1) is 14.5. The molecule has 0 aromatic rings. The number of ketones is 1. The van der Waals surface area contributed by atoms with Crippen LogP contribution in [0, 0.1) is 34.5 Å². The second-order valence-electron chi connectivity index (χ2n) is 10.7. The maximum Gasteiger partial charge on any atom is 1.00 e. The Morgan fingerprint density at radius 3 is 2.47 bits per heavy atom. The van der Waals surface area contributed by atoms with Crippen LogP contribution in [-0.4, -0.2) is 46.7 Å². The molecule has 4 aliphatic rings. The fourth-order valence-corrected chi connectivity index (χ4v) is 7.86. The predicted molar refractivity (Wildman–Crippen MR) is 108 cm³/mol. The number of rotatable bonds is 4. The van der Waals surface area contributed by atoms with Gasteiger partial charge in [0.2, 0.25) is 0 Å². The second-order valence-corrected chi connectivity index (χ2v) is 10.7. The molecule has 0 aliphatic heterocycles. The van der Waals surface area contributed by atoms with E-state index in [9.17, 15) is 29.7 Å². The van der Waals surface area contributed by atoms with Crippen LogP contribution in [0.2, 0.25) is 0 Å². The van der Waals surface area contributed by atoms with Crippen LogP contribution in [0.1, 0.15) is 65.2 Å². The van der Waals surface area contributed by atoms with E-state index in [2.05, 4.69) is 6.92 Å². The summed E-state index contributed by atoms with van der Waals surface area (Å²) in [6, 6.07) is 0. The topological polar surface area (TPSA) is 124 Å². The van der Waals surface area contributed by atoms with Crippen molar-refractivity contribution in [2.45, 2.75) is 76.9 Å². The van der Waals surface area contributed by atoms with Gasteiger partial charge >= 0.3 is 57.4 Å². The summed E-state index contributed by atoms with van der Waals surface area (Å²) < 4.78 is 5.10. The van der Waals surface area contributed by atoms with Crippen molar-refractivity contribution in [1.29, 1.82) is 0 Å². The van der Waals surface area contributed by atoms with Gasteiger partial charge in [-0.25, -0.2) is 0 Å². The van der Waals surface area contributed by atoms with E-state index in [1.807, 2.05) is 6.92 Å². The molecule has 3 saturated carbocycles. The van der Waals surface area contributed by atoms with Crippen molar-refractivity contribution in [2.24, 2.45) is 34.5 Å². The van der Waals surface area contributed by atoms with E-state index >= 15 is 0 Å². The number of hydrogen-bond donors (Lipinski definition) is 2. The van der Waals surface area contributed by atoms with Crippen LogP contribution < -0.4 is 56.5 Å². The molecule has 0 aromatic heterocycles. The minimum Gasteiger partial charge on any atom is -0.550 e. The monoisotopic (exact) mass is 472 g/mol. The van der Waals surface area contributed by atoms with Crippen LogP contribution >= 0.6 is 0 Å². The molecule has 32 heavy (non-hydrogen) atoms.